The number of amides is 1. The number of hydrogen-bond donors (Lipinski definition) is 1. The van der Waals surface area contributed by atoms with Crippen molar-refractivity contribution in [2.24, 2.45) is 0 Å². The van der Waals surface area contributed by atoms with E-state index < -0.39 is 5.41 Å². The fourth-order valence-corrected chi connectivity index (χ4v) is 2.57. The van der Waals surface area contributed by atoms with Crippen LogP contribution in [-0.4, -0.2) is 29.5 Å². The van der Waals surface area contributed by atoms with Crippen LogP contribution in [0, 0.1) is 0 Å². The molecule has 0 aliphatic carbocycles. The van der Waals surface area contributed by atoms with Gasteiger partial charge in [-0.2, -0.15) is 0 Å². The summed E-state index contributed by atoms with van der Waals surface area (Å²) in [6, 6.07) is 7.07. The van der Waals surface area contributed by atoms with E-state index in [2.05, 4.69) is 0 Å². The molecule has 1 saturated heterocycles. The highest BCUT2D eigenvalue weighted by atomic mass is 16.3. The molecule has 1 heterocycles. The summed E-state index contributed by atoms with van der Waals surface area (Å²) in [5.41, 5.74) is 0.417. The predicted octanol–water partition coefficient (Wildman–Crippen LogP) is 2.29. The Kier molecular flexibility index (Phi) is 3.09. The molecule has 0 spiro atoms. The Labute approximate surface area is 102 Å². The van der Waals surface area contributed by atoms with E-state index in [4.69, 9.17) is 0 Å². The van der Waals surface area contributed by atoms with Crippen LogP contribution in [-0.2, 0) is 10.2 Å². The molecule has 3 nitrogen and oxygen atoms in total. The molecule has 1 amide bonds. The van der Waals surface area contributed by atoms with Crippen LogP contribution in [0.25, 0.3) is 0 Å². The number of likely N-dealkylation sites (tertiary alicyclic amines) is 1. The van der Waals surface area contributed by atoms with E-state index in [1.165, 1.54) is 0 Å². The van der Waals surface area contributed by atoms with Gasteiger partial charge in [0.15, 0.2) is 0 Å². The van der Waals surface area contributed by atoms with Crippen LogP contribution in [0.15, 0.2) is 24.3 Å². The Balaban J connectivity index is 2.42. The summed E-state index contributed by atoms with van der Waals surface area (Å²) in [4.78, 5) is 14.2. The molecule has 0 radical (unpaired) electrons. The Morgan fingerprint density at radius 1 is 1.35 bits per heavy atom. The van der Waals surface area contributed by atoms with Crippen LogP contribution < -0.4 is 0 Å². The molecular formula is C14H19NO2. The normalized spacial score (nSPS) is 25.8. The fraction of sp³-hybridized carbons (Fsp3) is 0.500. The fourth-order valence-electron chi connectivity index (χ4n) is 2.57. The van der Waals surface area contributed by atoms with Gasteiger partial charge in [0.05, 0.1) is 5.41 Å². The second-order valence-electron chi connectivity index (χ2n) is 5.07. The first-order valence-corrected chi connectivity index (χ1v) is 6.09. The van der Waals surface area contributed by atoms with Crippen LogP contribution in [0.1, 0.15) is 31.7 Å². The first-order chi connectivity index (χ1) is 8.04. The number of aromatic hydroxyl groups is 1. The minimum atomic E-state index is -0.496. The van der Waals surface area contributed by atoms with Crippen LogP contribution in [0.2, 0.25) is 0 Å². The lowest BCUT2D eigenvalue weighted by molar-refractivity contribution is -0.134. The molecule has 1 aromatic rings. The summed E-state index contributed by atoms with van der Waals surface area (Å²) in [6.07, 6.45) is 2.94. The van der Waals surface area contributed by atoms with Crippen molar-refractivity contribution in [3.05, 3.63) is 29.8 Å². The number of carbonyl (C=O) groups excluding carboxylic acids is 1. The summed E-state index contributed by atoms with van der Waals surface area (Å²) >= 11 is 0. The smallest absolute Gasteiger partial charge is 0.232 e. The largest absolute Gasteiger partial charge is 0.508 e. The molecule has 17 heavy (non-hydrogen) atoms. The minimum Gasteiger partial charge on any atom is -0.508 e. The van der Waals surface area contributed by atoms with Crippen LogP contribution in [0.3, 0.4) is 0 Å². The summed E-state index contributed by atoms with van der Waals surface area (Å²) in [7, 11) is 1.86. The molecule has 0 saturated carbocycles. The number of likely N-dealkylation sites (N-methyl/N-ethyl adjacent to an activating group) is 1. The van der Waals surface area contributed by atoms with Gasteiger partial charge < -0.3 is 10.0 Å². The lowest BCUT2D eigenvalue weighted by atomic mass is 9.78. The first-order valence-electron chi connectivity index (χ1n) is 6.09. The number of nitrogens with zero attached hydrogens (tertiary/aromatic N) is 1. The van der Waals surface area contributed by atoms with Gasteiger partial charge in [0, 0.05) is 13.6 Å². The zero-order chi connectivity index (χ0) is 12.5. The molecule has 1 aliphatic rings. The molecule has 1 aliphatic heterocycles. The average molecular weight is 233 g/mol. The van der Waals surface area contributed by atoms with Gasteiger partial charge in [-0.05, 0) is 37.5 Å². The molecule has 0 aromatic heterocycles. The summed E-state index contributed by atoms with van der Waals surface area (Å²) in [5, 5.41) is 9.56. The number of carbonyl (C=O) groups is 1. The Morgan fingerprint density at radius 2 is 2.12 bits per heavy atom. The maximum atomic E-state index is 12.4. The number of hydrogen-bond acceptors (Lipinski definition) is 2. The maximum absolute atomic E-state index is 12.4. The zero-order valence-electron chi connectivity index (χ0n) is 10.4. The monoisotopic (exact) mass is 233 g/mol. The molecule has 1 fully saturated rings. The van der Waals surface area contributed by atoms with Crippen molar-refractivity contribution in [1.29, 1.82) is 0 Å². The van der Waals surface area contributed by atoms with E-state index in [9.17, 15) is 9.90 Å². The third-order valence-electron chi connectivity index (χ3n) is 3.72. The van der Waals surface area contributed by atoms with Gasteiger partial charge in [0.2, 0.25) is 5.91 Å². The molecule has 1 N–H and O–H groups in total. The molecule has 0 bridgehead atoms. The lowest BCUT2D eigenvalue weighted by Gasteiger charge is -2.30. The SMILES string of the molecule is CN1CCCC[C@@](C)(c2cccc(O)c2)C1=O. The van der Waals surface area contributed by atoms with Gasteiger partial charge in [-0.15, -0.1) is 0 Å². The van der Waals surface area contributed by atoms with Crippen LogP contribution in [0.4, 0.5) is 0 Å². The first kappa shape index (κ1) is 12.0. The van der Waals surface area contributed by atoms with Crippen molar-refractivity contribution < 1.29 is 9.90 Å². The van der Waals surface area contributed by atoms with Crippen LogP contribution in [0.5, 0.6) is 5.75 Å². The standard InChI is InChI=1S/C14H19NO2/c1-14(11-6-5-7-12(16)10-11)8-3-4-9-15(2)13(14)17/h5-7,10,16H,3-4,8-9H2,1-2H3/t14-/m0/s1. The van der Waals surface area contributed by atoms with Crippen molar-refractivity contribution >= 4 is 5.91 Å². The van der Waals surface area contributed by atoms with Gasteiger partial charge in [0.25, 0.3) is 0 Å². The van der Waals surface area contributed by atoms with E-state index in [0.29, 0.717) is 0 Å². The number of rotatable bonds is 1. The average Bonchev–Trinajstić information content (AvgIpc) is 2.44. The third-order valence-corrected chi connectivity index (χ3v) is 3.72. The quantitative estimate of drug-likeness (QED) is 0.808. The number of phenolic OH excluding ortho intramolecular Hbond substituents is 1. The maximum Gasteiger partial charge on any atom is 0.232 e. The Hall–Kier alpha value is -1.51. The van der Waals surface area contributed by atoms with Crippen LogP contribution >= 0.6 is 0 Å². The van der Waals surface area contributed by atoms with E-state index in [0.717, 1.165) is 31.4 Å². The molecule has 92 valence electrons. The van der Waals surface area contributed by atoms with Gasteiger partial charge >= 0.3 is 0 Å². The molecule has 1 aromatic carbocycles. The molecule has 2 rings (SSSR count). The second-order valence-corrected chi connectivity index (χ2v) is 5.07. The predicted molar refractivity (Wildman–Crippen MR) is 66.9 cm³/mol. The van der Waals surface area contributed by atoms with Crippen molar-refractivity contribution in [3.63, 3.8) is 0 Å². The molecule has 3 heteroatoms. The highest BCUT2D eigenvalue weighted by molar-refractivity contribution is 5.88. The second kappa shape index (κ2) is 4.40. The van der Waals surface area contributed by atoms with Gasteiger partial charge in [-0.1, -0.05) is 18.6 Å². The Bertz CT molecular complexity index is 430. The van der Waals surface area contributed by atoms with Crippen molar-refractivity contribution in [1.82, 2.24) is 4.90 Å². The van der Waals surface area contributed by atoms with Gasteiger partial charge in [0.1, 0.15) is 5.75 Å². The summed E-state index contributed by atoms with van der Waals surface area (Å²) < 4.78 is 0. The van der Waals surface area contributed by atoms with E-state index >= 15 is 0 Å². The Morgan fingerprint density at radius 3 is 2.82 bits per heavy atom. The molecular weight excluding hydrogens is 214 g/mol. The lowest BCUT2D eigenvalue weighted by Crippen LogP contribution is -2.41. The summed E-state index contributed by atoms with van der Waals surface area (Å²) in [6.45, 7) is 2.80. The van der Waals surface area contributed by atoms with Gasteiger partial charge in [-0.25, -0.2) is 0 Å². The highest BCUT2D eigenvalue weighted by Gasteiger charge is 2.38. The minimum absolute atomic E-state index is 0.153. The van der Waals surface area contributed by atoms with E-state index in [1.54, 1.807) is 23.1 Å². The third kappa shape index (κ3) is 2.14. The van der Waals surface area contributed by atoms with Crippen molar-refractivity contribution in [2.45, 2.75) is 31.6 Å². The van der Waals surface area contributed by atoms with E-state index in [1.807, 2.05) is 20.0 Å². The van der Waals surface area contributed by atoms with Crippen molar-refractivity contribution in [3.8, 4) is 5.75 Å². The highest BCUT2D eigenvalue weighted by Crippen LogP contribution is 2.35. The summed E-state index contributed by atoms with van der Waals surface area (Å²) in [5.74, 6) is 0.379. The topological polar surface area (TPSA) is 40.5 Å². The van der Waals surface area contributed by atoms with Crippen molar-refractivity contribution in [2.75, 3.05) is 13.6 Å². The number of benzene rings is 1. The number of phenols is 1. The van der Waals surface area contributed by atoms with Gasteiger partial charge in [-0.3, -0.25) is 4.79 Å². The van der Waals surface area contributed by atoms with E-state index in [-0.39, 0.29) is 11.7 Å². The zero-order valence-corrected chi connectivity index (χ0v) is 10.4. The molecule has 1 atom stereocenters. The molecule has 0 unspecified atom stereocenters.